The Morgan fingerprint density at radius 2 is 1.97 bits per heavy atom. The lowest BCUT2D eigenvalue weighted by Gasteiger charge is -2.46. The first-order valence-electron chi connectivity index (χ1n) is 11.4. The van der Waals surface area contributed by atoms with Crippen molar-refractivity contribution in [3.63, 3.8) is 0 Å². The van der Waals surface area contributed by atoms with Crippen LogP contribution in [0.2, 0.25) is 0 Å². The molecule has 3 fully saturated rings. The van der Waals surface area contributed by atoms with Gasteiger partial charge in [0.1, 0.15) is 6.61 Å². The fourth-order valence-corrected chi connectivity index (χ4v) is 5.39. The monoisotopic (exact) mass is 425 g/mol. The summed E-state index contributed by atoms with van der Waals surface area (Å²) in [7, 11) is 1.63. The molecule has 3 heterocycles. The second-order valence-corrected chi connectivity index (χ2v) is 9.37. The molecule has 31 heavy (non-hydrogen) atoms. The van der Waals surface area contributed by atoms with E-state index in [1.807, 2.05) is 18.2 Å². The molecule has 0 radical (unpaired) electrons. The highest BCUT2D eigenvalue weighted by Gasteiger charge is 2.54. The van der Waals surface area contributed by atoms with Gasteiger partial charge in [0.2, 0.25) is 11.8 Å². The maximum Gasteiger partial charge on any atom is 0.233 e. The van der Waals surface area contributed by atoms with Gasteiger partial charge in [-0.1, -0.05) is 35.5 Å². The summed E-state index contributed by atoms with van der Waals surface area (Å²) < 4.78 is 16.8. The van der Waals surface area contributed by atoms with Gasteiger partial charge in [0.15, 0.2) is 5.82 Å². The van der Waals surface area contributed by atoms with Gasteiger partial charge in [-0.3, -0.25) is 4.79 Å². The van der Waals surface area contributed by atoms with E-state index >= 15 is 0 Å². The van der Waals surface area contributed by atoms with Crippen LogP contribution in [0, 0.1) is 5.92 Å². The lowest BCUT2D eigenvalue weighted by atomic mass is 9.78. The molecule has 0 N–H and O–H groups in total. The molecule has 1 aliphatic carbocycles. The Morgan fingerprint density at radius 1 is 1.19 bits per heavy atom. The van der Waals surface area contributed by atoms with E-state index in [1.165, 1.54) is 5.56 Å². The predicted molar refractivity (Wildman–Crippen MR) is 113 cm³/mol. The van der Waals surface area contributed by atoms with Crippen molar-refractivity contribution in [2.24, 2.45) is 5.92 Å². The van der Waals surface area contributed by atoms with Crippen LogP contribution in [-0.4, -0.2) is 53.4 Å². The van der Waals surface area contributed by atoms with Crippen molar-refractivity contribution < 1.29 is 18.8 Å². The maximum atomic E-state index is 13.4. The van der Waals surface area contributed by atoms with Gasteiger partial charge in [0, 0.05) is 33.2 Å². The highest BCUT2D eigenvalue weighted by atomic mass is 16.5. The van der Waals surface area contributed by atoms with Crippen molar-refractivity contribution in [1.29, 1.82) is 0 Å². The van der Waals surface area contributed by atoms with Gasteiger partial charge in [-0.25, -0.2) is 0 Å². The Morgan fingerprint density at radius 3 is 2.68 bits per heavy atom. The third kappa shape index (κ3) is 4.13. The SMILES string of the molecule is COCc1noc(CC2CCOC3(CCN(C(=O)C4(c5ccccc5)CC4)CC3)C2)n1. The topological polar surface area (TPSA) is 77.7 Å². The summed E-state index contributed by atoms with van der Waals surface area (Å²) in [4.78, 5) is 19.9. The van der Waals surface area contributed by atoms with E-state index in [9.17, 15) is 4.79 Å². The first-order chi connectivity index (χ1) is 15.1. The van der Waals surface area contributed by atoms with Crippen LogP contribution in [-0.2, 0) is 32.7 Å². The van der Waals surface area contributed by atoms with Crippen LogP contribution in [0.4, 0.5) is 0 Å². The quantitative estimate of drug-likeness (QED) is 0.707. The van der Waals surface area contributed by atoms with Crippen molar-refractivity contribution in [1.82, 2.24) is 15.0 Å². The van der Waals surface area contributed by atoms with Crippen LogP contribution in [0.5, 0.6) is 0 Å². The van der Waals surface area contributed by atoms with Gasteiger partial charge in [0.05, 0.1) is 11.0 Å². The zero-order chi connectivity index (χ0) is 21.3. The average Bonchev–Trinajstić information content (AvgIpc) is 3.50. The molecule has 7 heteroatoms. The van der Waals surface area contributed by atoms with Gasteiger partial charge in [-0.2, -0.15) is 4.98 Å². The Labute approximate surface area is 183 Å². The highest BCUT2D eigenvalue weighted by Crippen LogP contribution is 2.50. The fourth-order valence-electron chi connectivity index (χ4n) is 5.39. The van der Waals surface area contributed by atoms with Crippen molar-refractivity contribution in [3.05, 3.63) is 47.6 Å². The zero-order valence-electron chi connectivity index (χ0n) is 18.2. The normalized spacial score (nSPS) is 24.3. The lowest BCUT2D eigenvalue weighted by molar-refractivity contribution is -0.149. The number of hydrogen-bond acceptors (Lipinski definition) is 6. The molecule has 7 nitrogen and oxygen atoms in total. The number of piperidine rings is 1. The summed E-state index contributed by atoms with van der Waals surface area (Å²) >= 11 is 0. The maximum absolute atomic E-state index is 13.4. The molecule has 5 rings (SSSR count). The van der Waals surface area contributed by atoms with E-state index in [2.05, 4.69) is 27.2 Å². The number of carbonyl (C=O) groups is 1. The van der Waals surface area contributed by atoms with Crippen molar-refractivity contribution in [2.75, 3.05) is 26.8 Å². The van der Waals surface area contributed by atoms with Crippen LogP contribution in [0.3, 0.4) is 0 Å². The van der Waals surface area contributed by atoms with Gasteiger partial charge in [0.25, 0.3) is 0 Å². The Kier molecular flexibility index (Phi) is 5.56. The number of ether oxygens (including phenoxy) is 2. The van der Waals surface area contributed by atoms with Crippen molar-refractivity contribution in [2.45, 2.75) is 62.6 Å². The number of amides is 1. The first kappa shape index (κ1) is 20.6. The largest absolute Gasteiger partial charge is 0.377 e. The van der Waals surface area contributed by atoms with Crippen LogP contribution >= 0.6 is 0 Å². The smallest absolute Gasteiger partial charge is 0.233 e. The van der Waals surface area contributed by atoms with Gasteiger partial charge in [-0.15, -0.1) is 0 Å². The second kappa shape index (κ2) is 8.36. The molecule has 2 aromatic rings. The molecule has 2 aliphatic heterocycles. The number of aromatic nitrogens is 2. The van der Waals surface area contributed by atoms with Crippen molar-refractivity contribution in [3.8, 4) is 0 Å². The minimum Gasteiger partial charge on any atom is -0.377 e. The molecule has 1 unspecified atom stereocenters. The zero-order valence-corrected chi connectivity index (χ0v) is 18.2. The average molecular weight is 426 g/mol. The van der Waals surface area contributed by atoms with Gasteiger partial charge in [-0.05, 0) is 50.0 Å². The van der Waals surface area contributed by atoms with E-state index < -0.39 is 0 Å². The number of likely N-dealkylation sites (tertiary alicyclic amines) is 1. The summed E-state index contributed by atoms with van der Waals surface area (Å²) in [5, 5.41) is 3.97. The molecule has 3 aliphatic rings. The van der Waals surface area contributed by atoms with E-state index in [0.29, 0.717) is 30.1 Å². The van der Waals surface area contributed by atoms with Crippen LogP contribution in [0.15, 0.2) is 34.9 Å². The first-order valence-corrected chi connectivity index (χ1v) is 11.4. The lowest BCUT2D eigenvalue weighted by Crippen LogP contribution is -2.52. The van der Waals surface area contributed by atoms with Crippen LogP contribution in [0.25, 0.3) is 0 Å². The molecule has 0 bridgehead atoms. The number of methoxy groups -OCH3 is 1. The Bertz CT molecular complexity index is 901. The summed E-state index contributed by atoms with van der Waals surface area (Å²) in [6, 6.07) is 10.3. The summed E-state index contributed by atoms with van der Waals surface area (Å²) in [6.07, 6.45) is 6.50. The second-order valence-electron chi connectivity index (χ2n) is 9.37. The Hall–Kier alpha value is -2.25. The summed E-state index contributed by atoms with van der Waals surface area (Å²) in [5.41, 5.74) is 0.764. The molecular formula is C24H31N3O4. The number of rotatable bonds is 6. The summed E-state index contributed by atoms with van der Waals surface area (Å²) in [5.74, 6) is 2.04. The molecule has 166 valence electrons. The minimum absolute atomic E-state index is 0.126. The standard InChI is InChI=1S/C24H31N3O4/c1-29-17-20-25-21(31-26-20)15-18-7-14-30-23(16-18)10-12-27(13-11-23)22(28)24(8-9-24)19-5-3-2-4-6-19/h2-6,18H,7-17H2,1H3. The van der Waals surface area contributed by atoms with E-state index in [-0.39, 0.29) is 11.0 Å². The molecule has 2 saturated heterocycles. The molecule has 1 aromatic heterocycles. The third-order valence-electron chi connectivity index (χ3n) is 7.29. The van der Waals surface area contributed by atoms with Gasteiger partial charge >= 0.3 is 0 Å². The third-order valence-corrected chi connectivity index (χ3v) is 7.29. The number of hydrogen-bond donors (Lipinski definition) is 0. The predicted octanol–water partition coefficient (Wildman–Crippen LogP) is 3.28. The van der Waals surface area contributed by atoms with Crippen molar-refractivity contribution >= 4 is 5.91 Å². The minimum atomic E-state index is -0.278. The molecule has 1 saturated carbocycles. The van der Waals surface area contributed by atoms with E-state index in [0.717, 1.165) is 64.6 Å². The van der Waals surface area contributed by atoms with E-state index in [4.69, 9.17) is 14.0 Å². The molecule has 1 aromatic carbocycles. The number of nitrogens with zero attached hydrogens (tertiary/aromatic N) is 3. The van der Waals surface area contributed by atoms with Gasteiger partial charge < -0.3 is 18.9 Å². The Balaban J connectivity index is 1.19. The molecule has 1 atom stereocenters. The van der Waals surface area contributed by atoms with Crippen LogP contribution in [0.1, 0.15) is 55.8 Å². The number of benzene rings is 1. The van der Waals surface area contributed by atoms with Crippen LogP contribution < -0.4 is 0 Å². The number of carbonyl (C=O) groups excluding carboxylic acids is 1. The van der Waals surface area contributed by atoms with E-state index in [1.54, 1.807) is 7.11 Å². The fraction of sp³-hybridized carbons (Fsp3) is 0.625. The molecular weight excluding hydrogens is 394 g/mol. The molecule has 1 spiro atoms. The molecule has 1 amide bonds. The summed E-state index contributed by atoms with van der Waals surface area (Å²) in [6.45, 7) is 2.68. The highest BCUT2D eigenvalue weighted by molar-refractivity contribution is 5.91.